The molecular formula is C28H30N4O2. The maximum atomic E-state index is 12.7. The van der Waals surface area contributed by atoms with E-state index in [1.807, 2.05) is 12.1 Å². The van der Waals surface area contributed by atoms with Crippen LogP contribution in [0.4, 0.5) is 0 Å². The van der Waals surface area contributed by atoms with Crippen molar-refractivity contribution in [3.05, 3.63) is 77.1 Å². The molecule has 34 heavy (non-hydrogen) atoms. The minimum absolute atomic E-state index is 0.0359. The Labute approximate surface area is 199 Å². The summed E-state index contributed by atoms with van der Waals surface area (Å²) in [5.41, 5.74) is 5.11. The third-order valence-corrected chi connectivity index (χ3v) is 7.07. The van der Waals surface area contributed by atoms with Gasteiger partial charge < -0.3 is 15.6 Å². The fraction of sp³-hybridized carbons (Fsp3) is 0.321. The molecule has 4 aromatic rings. The first-order chi connectivity index (χ1) is 16.4. The van der Waals surface area contributed by atoms with Crippen LogP contribution < -0.4 is 10.6 Å². The molecule has 6 heteroatoms. The van der Waals surface area contributed by atoms with Gasteiger partial charge in [0.15, 0.2) is 0 Å². The smallest absolute Gasteiger partial charge is 0.220 e. The summed E-state index contributed by atoms with van der Waals surface area (Å²) >= 11 is 0. The summed E-state index contributed by atoms with van der Waals surface area (Å²) in [6, 6.07) is 18.7. The van der Waals surface area contributed by atoms with E-state index in [-0.39, 0.29) is 11.8 Å². The Morgan fingerprint density at radius 1 is 1.09 bits per heavy atom. The molecular weight excluding hydrogens is 424 g/mol. The molecule has 0 bridgehead atoms. The molecule has 1 fully saturated rings. The Kier molecular flexibility index (Phi) is 5.82. The van der Waals surface area contributed by atoms with Gasteiger partial charge in [0.1, 0.15) is 5.82 Å². The first-order valence-electron chi connectivity index (χ1n) is 11.9. The number of nitrogens with one attached hydrogen (secondary N) is 3. The Morgan fingerprint density at radius 3 is 2.71 bits per heavy atom. The molecule has 3 N–H and O–H groups in total. The summed E-state index contributed by atoms with van der Waals surface area (Å²) in [5, 5.41) is 8.58. The Balaban J connectivity index is 1.25. The van der Waals surface area contributed by atoms with Crippen LogP contribution in [0.1, 0.15) is 48.2 Å². The molecule has 1 aromatic heterocycles. The number of aryl methyl sites for hydroxylation is 2. The van der Waals surface area contributed by atoms with Crippen LogP contribution in [0.15, 0.2) is 54.6 Å². The highest BCUT2D eigenvalue weighted by Gasteiger charge is 2.38. The molecule has 3 aromatic carbocycles. The van der Waals surface area contributed by atoms with Gasteiger partial charge in [0.25, 0.3) is 0 Å². The van der Waals surface area contributed by atoms with Crippen molar-refractivity contribution < 1.29 is 9.59 Å². The number of hydrogen-bond donors (Lipinski definition) is 3. The third kappa shape index (κ3) is 4.53. The lowest BCUT2D eigenvalue weighted by Crippen LogP contribution is -2.44. The number of hydrogen-bond acceptors (Lipinski definition) is 3. The van der Waals surface area contributed by atoms with Gasteiger partial charge in [0.2, 0.25) is 11.8 Å². The quantitative estimate of drug-likeness (QED) is 0.381. The standard InChI is InChI=1S/C28H30N4O2/c1-18-14-23-24(15-19(18)2)31-25(30-23)17-29-26(33)10-12-28(13-11-27(34)32-28)16-21-8-5-7-20-6-3-4-9-22(20)21/h3-9,14-15H,10-13,16-17H2,1-2H3,(H,29,33)(H,30,31)(H,32,34)/t28-/m0/s1. The van der Waals surface area contributed by atoms with Gasteiger partial charge in [-0.1, -0.05) is 42.5 Å². The molecule has 1 aliphatic rings. The van der Waals surface area contributed by atoms with Crippen LogP contribution in [0, 0.1) is 13.8 Å². The van der Waals surface area contributed by atoms with E-state index < -0.39 is 5.54 Å². The molecule has 0 spiro atoms. The van der Waals surface area contributed by atoms with Crippen LogP contribution in [0.5, 0.6) is 0 Å². The Bertz CT molecular complexity index is 1350. The van der Waals surface area contributed by atoms with Crippen LogP contribution in [-0.2, 0) is 22.6 Å². The largest absolute Gasteiger partial charge is 0.350 e. The number of aromatic amines is 1. The predicted octanol–water partition coefficient (Wildman–Crippen LogP) is 4.62. The SMILES string of the molecule is Cc1cc2nc(CNC(=O)CC[C@@]3(Cc4cccc5ccccc45)CCC(=O)N3)[nH]c2cc1C. The molecule has 6 nitrogen and oxygen atoms in total. The van der Waals surface area contributed by atoms with Crippen LogP contribution in [0.2, 0.25) is 0 Å². The lowest BCUT2D eigenvalue weighted by molar-refractivity contribution is -0.122. The monoisotopic (exact) mass is 454 g/mol. The zero-order valence-electron chi connectivity index (χ0n) is 19.7. The average molecular weight is 455 g/mol. The topological polar surface area (TPSA) is 86.9 Å². The molecule has 0 radical (unpaired) electrons. The van der Waals surface area contributed by atoms with Crippen molar-refractivity contribution in [2.75, 3.05) is 0 Å². The summed E-state index contributed by atoms with van der Waals surface area (Å²) < 4.78 is 0. The number of nitrogens with zero attached hydrogens (tertiary/aromatic N) is 1. The zero-order chi connectivity index (χ0) is 23.7. The molecule has 174 valence electrons. The van der Waals surface area contributed by atoms with Crippen LogP contribution in [0.25, 0.3) is 21.8 Å². The molecule has 0 unspecified atom stereocenters. The third-order valence-electron chi connectivity index (χ3n) is 7.07. The number of carbonyl (C=O) groups is 2. The highest BCUT2D eigenvalue weighted by molar-refractivity contribution is 5.86. The minimum Gasteiger partial charge on any atom is -0.350 e. The molecule has 0 saturated carbocycles. The lowest BCUT2D eigenvalue weighted by Gasteiger charge is -2.30. The number of rotatable bonds is 7. The second kappa shape index (κ2) is 8.93. The highest BCUT2D eigenvalue weighted by atomic mass is 16.2. The molecule has 1 atom stereocenters. The number of H-pyrrole nitrogens is 1. The van der Waals surface area contributed by atoms with Crippen molar-refractivity contribution in [1.29, 1.82) is 0 Å². The summed E-state index contributed by atoms with van der Waals surface area (Å²) in [6.45, 7) is 4.50. The summed E-state index contributed by atoms with van der Waals surface area (Å²) in [6.07, 6.45) is 2.92. The average Bonchev–Trinajstić information content (AvgIpc) is 3.39. The van der Waals surface area contributed by atoms with E-state index in [9.17, 15) is 9.59 Å². The van der Waals surface area contributed by atoms with Crippen LogP contribution in [-0.4, -0.2) is 27.3 Å². The van der Waals surface area contributed by atoms with Crippen molar-refractivity contribution in [1.82, 2.24) is 20.6 Å². The predicted molar refractivity (Wildman–Crippen MR) is 134 cm³/mol. The van der Waals surface area contributed by atoms with E-state index >= 15 is 0 Å². The fourth-order valence-electron chi connectivity index (χ4n) is 5.02. The van der Waals surface area contributed by atoms with Gasteiger partial charge in [-0.25, -0.2) is 4.98 Å². The van der Waals surface area contributed by atoms with Gasteiger partial charge in [-0.3, -0.25) is 9.59 Å². The van der Waals surface area contributed by atoms with E-state index in [1.165, 1.54) is 27.5 Å². The van der Waals surface area contributed by atoms with E-state index in [0.717, 1.165) is 29.7 Å². The molecule has 1 aliphatic heterocycles. The first-order valence-corrected chi connectivity index (χ1v) is 11.9. The van der Waals surface area contributed by atoms with Crippen molar-refractivity contribution >= 4 is 33.6 Å². The molecule has 1 saturated heterocycles. The number of aromatic nitrogens is 2. The van der Waals surface area contributed by atoms with Gasteiger partial charge in [-0.05, 0) is 72.7 Å². The molecule has 5 rings (SSSR count). The fourth-order valence-corrected chi connectivity index (χ4v) is 5.02. The highest BCUT2D eigenvalue weighted by Crippen LogP contribution is 2.32. The number of benzene rings is 3. The summed E-state index contributed by atoms with van der Waals surface area (Å²) in [4.78, 5) is 32.8. The maximum Gasteiger partial charge on any atom is 0.220 e. The van der Waals surface area contributed by atoms with Crippen LogP contribution in [0.3, 0.4) is 0 Å². The number of imidazole rings is 1. The zero-order valence-corrected chi connectivity index (χ0v) is 19.7. The van der Waals surface area contributed by atoms with E-state index in [4.69, 9.17) is 0 Å². The van der Waals surface area contributed by atoms with Gasteiger partial charge in [0, 0.05) is 18.4 Å². The first kappa shape index (κ1) is 22.1. The minimum atomic E-state index is -0.396. The molecule has 2 amide bonds. The van der Waals surface area contributed by atoms with Gasteiger partial charge >= 0.3 is 0 Å². The van der Waals surface area contributed by atoms with Crippen molar-refractivity contribution in [2.24, 2.45) is 0 Å². The Hall–Kier alpha value is -3.67. The summed E-state index contributed by atoms with van der Waals surface area (Å²) in [5.74, 6) is 0.771. The maximum absolute atomic E-state index is 12.7. The van der Waals surface area contributed by atoms with E-state index in [1.54, 1.807) is 0 Å². The molecule has 0 aliphatic carbocycles. The van der Waals surface area contributed by atoms with Crippen molar-refractivity contribution in [2.45, 2.75) is 58.0 Å². The second-order valence-electron chi connectivity index (χ2n) is 9.56. The van der Waals surface area contributed by atoms with Gasteiger partial charge in [-0.2, -0.15) is 0 Å². The number of amides is 2. The van der Waals surface area contributed by atoms with Crippen LogP contribution >= 0.6 is 0 Å². The van der Waals surface area contributed by atoms with Gasteiger partial charge in [-0.15, -0.1) is 0 Å². The second-order valence-corrected chi connectivity index (χ2v) is 9.56. The lowest BCUT2D eigenvalue weighted by atomic mass is 9.83. The van der Waals surface area contributed by atoms with E-state index in [2.05, 4.69) is 76.9 Å². The van der Waals surface area contributed by atoms with Crippen molar-refractivity contribution in [3.8, 4) is 0 Å². The number of fused-ring (bicyclic) bond motifs is 2. The molecule has 2 heterocycles. The van der Waals surface area contributed by atoms with E-state index in [0.29, 0.717) is 25.8 Å². The van der Waals surface area contributed by atoms with Crippen molar-refractivity contribution in [3.63, 3.8) is 0 Å². The van der Waals surface area contributed by atoms with Gasteiger partial charge in [0.05, 0.1) is 17.6 Å². The normalized spacial score (nSPS) is 17.9. The number of carbonyl (C=O) groups excluding carboxylic acids is 2. The Morgan fingerprint density at radius 2 is 1.88 bits per heavy atom. The summed E-state index contributed by atoms with van der Waals surface area (Å²) in [7, 11) is 0.